The molecule has 1 amide bonds. The van der Waals surface area contributed by atoms with Crippen molar-refractivity contribution < 1.29 is 14.3 Å². The standard InChI is InChI=1S/C21H19ClN4O3S/c22-15-5-1-13(2-6-15)20(28)14-3-9-17(10-4-14)29-12-19(27)23-11-18-24-25-21(30)26(18)16-7-8-16/h1-6,9-10,16H,7-8,11-12H2,(H,23,27)(H,25,30). The van der Waals surface area contributed by atoms with E-state index in [9.17, 15) is 9.59 Å². The first kappa shape index (κ1) is 20.3. The number of carbonyl (C=O) groups is 2. The molecule has 0 atom stereocenters. The molecule has 1 fully saturated rings. The van der Waals surface area contributed by atoms with Crippen LogP contribution in [0, 0.1) is 4.77 Å². The van der Waals surface area contributed by atoms with Crippen molar-refractivity contribution in [3.05, 3.63) is 75.3 Å². The van der Waals surface area contributed by atoms with Gasteiger partial charge in [0.25, 0.3) is 5.91 Å². The number of nitrogens with zero attached hydrogens (tertiary/aromatic N) is 2. The molecule has 0 saturated heterocycles. The number of amides is 1. The van der Waals surface area contributed by atoms with Gasteiger partial charge < -0.3 is 10.1 Å². The van der Waals surface area contributed by atoms with Gasteiger partial charge in [0.2, 0.25) is 0 Å². The molecule has 0 bridgehead atoms. The van der Waals surface area contributed by atoms with Crippen LogP contribution in [-0.4, -0.2) is 33.1 Å². The lowest BCUT2D eigenvalue weighted by Crippen LogP contribution is -2.29. The number of H-pyrrole nitrogens is 1. The molecule has 3 aromatic rings. The predicted octanol–water partition coefficient (Wildman–Crippen LogP) is 3.86. The number of nitrogens with one attached hydrogen (secondary N) is 2. The van der Waals surface area contributed by atoms with Crippen molar-refractivity contribution in [2.45, 2.75) is 25.4 Å². The summed E-state index contributed by atoms with van der Waals surface area (Å²) >= 11 is 11.1. The lowest BCUT2D eigenvalue weighted by Gasteiger charge is -2.09. The van der Waals surface area contributed by atoms with E-state index < -0.39 is 0 Å². The van der Waals surface area contributed by atoms with E-state index in [0.29, 0.717) is 38.5 Å². The third kappa shape index (κ3) is 4.77. The molecule has 1 aliphatic rings. The van der Waals surface area contributed by atoms with Crippen LogP contribution in [0.1, 0.15) is 40.6 Å². The van der Waals surface area contributed by atoms with E-state index in [1.54, 1.807) is 48.5 Å². The summed E-state index contributed by atoms with van der Waals surface area (Å²) in [6, 6.07) is 13.7. The maximum atomic E-state index is 12.5. The summed E-state index contributed by atoms with van der Waals surface area (Å²) in [6.45, 7) is 0.138. The van der Waals surface area contributed by atoms with Gasteiger partial charge in [-0.3, -0.25) is 19.3 Å². The van der Waals surface area contributed by atoms with Gasteiger partial charge in [-0.1, -0.05) is 11.6 Å². The first-order valence-corrected chi connectivity index (χ1v) is 10.3. The fourth-order valence-corrected chi connectivity index (χ4v) is 3.45. The van der Waals surface area contributed by atoms with Crippen LogP contribution < -0.4 is 10.1 Å². The minimum Gasteiger partial charge on any atom is -0.484 e. The van der Waals surface area contributed by atoms with Gasteiger partial charge in [0.05, 0.1) is 6.54 Å². The molecule has 0 radical (unpaired) electrons. The zero-order valence-electron chi connectivity index (χ0n) is 15.9. The second-order valence-electron chi connectivity index (χ2n) is 6.97. The molecule has 154 valence electrons. The van der Waals surface area contributed by atoms with Gasteiger partial charge in [-0.25, -0.2) is 0 Å². The number of ether oxygens (including phenoxy) is 1. The van der Waals surface area contributed by atoms with Crippen molar-refractivity contribution in [2.24, 2.45) is 0 Å². The largest absolute Gasteiger partial charge is 0.484 e. The van der Waals surface area contributed by atoms with E-state index in [-0.39, 0.29) is 24.8 Å². The van der Waals surface area contributed by atoms with E-state index in [4.69, 9.17) is 28.6 Å². The van der Waals surface area contributed by atoms with E-state index in [1.165, 1.54) is 0 Å². The van der Waals surface area contributed by atoms with Crippen LogP contribution in [0.2, 0.25) is 5.02 Å². The van der Waals surface area contributed by atoms with Gasteiger partial charge in [0.15, 0.2) is 23.0 Å². The Morgan fingerprint density at radius 1 is 1.13 bits per heavy atom. The Morgan fingerprint density at radius 3 is 2.40 bits per heavy atom. The predicted molar refractivity (Wildman–Crippen MR) is 114 cm³/mol. The van der Waals surface area contributed by atoms with Gasteiger partial charge in [-0.2, -0.15) is 5.10 Å². The fourth-order valence-electron chi connectivity index (χ4n) is 3.02. The fraction of sp³-hybridized carbons (Fsp3) is 0.238. The average Bonchev–Trinajstić information content (AvgIpc) is 3.53. The molecule has 4 rings (SSSR count). The first-order chi connectivity index (χ1) is 14.5. The van der Waals surface area contributed by atoms with Crippen molar-refractivity contribution in [3.8, 4) is 5.75 Å². The van der Waals surface area contributed by atoms with Gasteiger partial charge in [-0.05, 0) is 73.6 Å². The van der Waals surface area contributed by atoms with E-state index in [0.717, 1.165) is 12.8 Å². The molecule has 1 heterocycles. The number of rotatable bonds is 8. The zero-order chi connectivity index (χ0) is 21.1. The molecule has 1 aromatic heterocycles. The number of ketones is 1. The quantitative estimate of drug-likeness (QED) is 0.408. The number of benzene rings is 2. The number of hydrogen-bond acceptors (Lipinski definition) is 5. The van der Waals surface area contributed by atoms with Crippen molar-refractivity contribution >= 4 is 35.5 Å². The first-order valence-electron chi connectivity index (χ1n) is 9.47. The van der Waals surface area contributed by atoms with Crippen LogP contribution >= 0.6 is 23.8 Å². The monoisotopic (exact) mass is 442 g/mol. The molecular weight excluding hydrogens is 424 g/mol. The third-order valence-electron chi connectivity index (χ3n) is 4.73. The van der Waals surface area contributed by atoms with E-state index in [1.807, 2.05) is 4.57 Å². The van der Waals surface area contributed by atoms with Gasteiger partial charge in [0.1, 0.15) is 5.75 Å². The second-order valence-corrected chi connectivity index (χ2v) is 7.80. The van der Waals surface area contributed by atoms with Crippen molar-refractivity contribution in [2.75, 3.05) is 6.61 Å². The highest BCUT2D eigenvalue weighted by Crippen LogP contribution is 2.35. The summed E-state index contributed by atoms with van der Waals surface area (Å²) in [4.78, 5) is 24.6. The van der Waals surface area contributed by atoms with Gasteiger partial charge in [0, 0.05) is 22.2 Å². The summed E-state index contributed by atoms with van der Waals surface area (Å²) in [5.41, 5.74) is 1.08. The Balaban J connectivity index is 1.28. The Kier molecular flexibility index (Phi) is 5.96. The maximum Gasteiger partial charge on any atom is 0.258 e. The maximum absolute atomic E-state index is 12.5. The lowest BCUT2D eigenvalue weighted by molar-refractivity contribution is -0.123. The lowest BCUT2D eigenvalue weighted by atomic mass is 10.0. The molecule has 2 N–H and O–H groups in total. The summed E-state index contributed by atoms with van der Waals surface area (Å²) in [5, 5.41) is 10.3. The number of halogens is 1. The molecule has 0 aliphatic heterocycles. The second kappa shape index (κ2) is 8.81. The molecule has 2 aromatic carbocycles. The third-order valence-corrected chi connectivity index (χ3v) is 5.27. The molecule has 1 aliphatic carbocycles. The molecule has 30 heavy (non-hydrogen) atoms. The summed E-state index contributed by atoms with van der Waals surface area (Å²) in [6.07, 6.45) is 2.16. The zero-order valence-corrected chi connectivity index (χ0v) is 17.5. The highest BCUT2D eigenvalue weighted by atomic mass is 35.5. The molecule has 9 heteroatoms. The van der Waals surface area contributed by atoms with Gasteiger partial charge in [-0.15, -0.1) is 0 Å². The van der Waals surface area contributed by atoms with E-state index >= 15 is 0 Å². The van der Waals surface area contributed by atoms with Gasteiger partial charge >= 0.3 is 0 Å². The van der Waals surface area contributed by atoms with Crippen LogP contribution in [0.5, 0.6) is 5.75 Å². The molecular formula is C21H19ClN4O3S. The van der Waals surface area contributed by atoms with Crippen LogP contribution in [0.25, 0.3) is 0 Å². The minimum absolute atomic E-state index is 0.111. The van der Waals surface area contributed by atoms with Crippen LogP contribution in [0.4, 0.5) is 0 Å². The minimum atomic E-state index is -0.271. The number of hydrogen-bond donors (Lipinski definition) is 2. The Hall–Kier alpha value is -2.97. The smallest absolute Gasteiger partial charge is 0.258 e. The van der Waals surface area contributed by atoms with Crippen molar-refractivity contribution in [1.29, 1.82) is 0 Å². The molecule has 1 saturated carbocycles. The van der Waals surface area contributed by atoms with Crippen molar-refractivity contribution in [1.82, 2.24) is 20.1 Å². The summed E-state index contributed by atoms with van der Waals surface area (Å²) in [7, 11) is 0. The molecule has 7 nitrogen and oxygen atoms in total. The average molecular weight is 443 g/mol. The Labute approximate surface area is 183 Å². The SMILES string of the molecule is O=C(COc1ccc(C(=O)c2ccc(Cl)cc2)cc1)NCc1n[nH]c(=S)n1C1CC1. The van der Waals surface area contributed by atoms with Crippen LogP contribution in [0.3, 0.4) is 0 Å². The number of aromatic amines is 1. The van der Waals surface area contributed by atoms with Crippen LogP contribution in [0.15, 0.2) is 48.5 Å². The molecule has 0 unspecified atom stereocenters. The van der Waals surface area contributed by atoms with Crippen molar-refractivity contribution in [3.63, 3.8) is 0 Å². The molecule has 0 spiro atoms. The number of aromatic nitrogens is 3. The summed E-state index contributed by atoms with van der Waals surface area (Å²) in [5.74, 6) is 0.826. The Morgan fingerprint density at radius 2 is 1.77 bits per heavy atom. The summed E-state index contributed by atoms with van der Waals surface area (Å²) < 4.78 is 8.04. The van der Waals surface area contributed by atoms with E-state index in [2.05, 4.69) is 15.5 Å². The normalized spacial score (nSPS) is 13.1. The Bertz CT molecular complexity index is 1120. The highest BCUT2D eigenvalue weighted by molar-refractivity contribution is 7.71. The topological polar surface area (TPSA) is 89.0 Å². The van der Waals surface area contributed by atoms with Crippen LogP contribution in [-0.2, 0) is 11.3 Å². The number of carbonyl (C=O) groups excluding carboxylic acids is 2. The highest BCUT2D eigenvalue weighted by Gasteiger charge is 2.27.